The van der Waals surface area contributed by atoms with Crippen molar-refractivity contribution in [2.75, 3.05) is 72.5 Å². The summed E-state index contributed by atoms with van der Waals surface area (Å²) in [5.41, 5.74) is 0. The van der Waals surface area contributed by atoms with Gasteiger partial charge in [0.05, 0.1) is 13.1 Å². The Morgan fingerprint density at radius 1 is 0.966 bits per heavy atom. The van der Waals surface area contributed by atoms with Crippen LogP contribution in [0.25, 0.3) is 0 Å². The van der Waals surface area contributed by atoms with Gasteiger partial charge in [-0.15, -0.1) is 0 Å². The highest BCUT2D eigenvalue weighted by molar-refractivity contribution is 5.80. The standard InChI is InChI=1S/C22H42N6O/c1-3-23-22(24-11-14-25(2)20-9-5-6-10-20)28-17-15-26(16-18-28)19-21(29)27-12-7-4-8-13-27/h20H,3-19H2,1-2H3,(H,23,24). The van der Waals surface area contributed by atoms with Crippen molar-refractivity contribution in [3.63, 3.8) is 0 Å². The van der Waals surface area contributed by atoms with Gasteiger partial charge in [0.1, 0.15) is 0 Å². The molecule has 166 valence electrons. The predicted octanol–water partition coefficient (Wildman–Crippen LogP) is 1.46. The van der Waals surface area contributed by atoms with Crippen molar-refractivity contribution in [3.05, 3.63) is 0 Å². The van der Waals surface area contributed by atoms with Gasteiger partial charge in [-0.1, -0.05) is 12.8 Å². The number of hydrogen-bond acceptors (Lipinski definition) is 4. The number of likely N-dealkylation sites (tertiary alicyclic amines) is 1. The van der Waals surface area contributed by atoms with Gasteiger partial charge < -0.3 is 20.0 Å². The molecule has 3 aliphatic rings. The molecule has 2 saturated heterocycles. The van der Waals surface area contributed by atoms with Crippen LogP contribution in [-0.2, 0) is 4.79 Å². The maximum atomic E-state index is 12.5. The molecule has 0 atom stereocenters. The van der Waals surface area contributed by atoms with Crippen LogP contribution >= 0.6 is 0 Å². The first-order chi connectivity index (χ1) is 14.2. The number of nitrogens with zero attached hydrogens (tertiary/aromatic N) is 5. The Hall–Kier alpha value is -1.34. The van der Waals surface area contributed by atoms with Crippen LogP contribution in [-0.4, -0.2) is 110 Å². The van der Waals surface area contributed by atoms with Crippen LogP contribution in [0.3, 0.4) is 0 Å². The summed E-state index contributed by atoms with van der Waals surface area (Å²) in [6, 6.07) is 0.758. The lowest BCUT2D eigenvalue weighted by molar-refractivity contribution is -0.133. The highest BCUT2D eigenvalue weighted by atomic mass is 16.2. The summed E-state index contributed by atoms with van der Waals surface area (Å²) >= 11 is 0. The summed E-state index contributed by atoms with van der Waals surface area (Å²) in [4.78, 5) is 26.7. The molecule has 2 aliphatic heterocycles. The Morgan fingerprint density at radius 2 is 1.66 bits per heavy atom. The van der Waals surface area contributed by atoms with E-state index in [-0.39, 0.29) is 0 Å². The fourth-order valence-corrected chi connectivity index (χ4v) is 4.82. The average Bonchev–Trinajstić information content (AvgIpc) is 3.29. The fourth-order valence-electron chi connectivity index (χ4n) is 4.82. The maximum Gasteiger partial charge on any atom is 0.236 e. The van der Waals surface area contributed by atoms with Gasteiger partial charge in [-0.2, -0.15) is 0 Å². The zero-order valence-corrected chi connectivity index (χ0v) is 18.7. The molecule has 0 spiro atoms. The van der Waals surface area contributed by atoms with Crippen LogP contribution in [0.1, 0.15) is 51.9 Å². The third-order valence-corrected chi connectivity index (χ3v) is 6.74. The maximum absolute atomic E-state index is 12.5. The summed E-state index contributed by atoms with van der Waals surface area (Å²) < 4.78 is 0. The van der Waals surface area contributed by atoms with Crippen LogP contribution in [0.5, 0.6) is 0 Å². The Kier molecular flexibility index (Phi) is 9.05. The number of hydrogen-bond donors (Lipinski definition) is 1. The number of aliphatic imine (C=N–C) groups is 1. The summed E-state index contributed by atoms with van der Waals surface area (Å²) in [6.07, 6.45) is 9.05. The summed E-state index contributed by atoms with van der Waals surface area (Å²) in [7, 11) is 2.25. The van der Waals surface area contributed by atoms with Crippen LogP contribution in [0.2, 0.25) is 0 Å². The number of piperazine rings is 1. The van der Waals surface area contributed by atoms with Gasteiger partial charge >= 0.3 is 0 Å². The summed E-state index contributed by atoms with van der Waals surface area (Å²) in [5, 5.41) is 3.47. The molecule has 7 nitrogen and oxygen atoms in total. The molecule has 1 N–H and O–H groups in total. The van der Waals surface area contributed by atoms with Crippen molar-refractivity contribution in [2.45, 2.75) is 57.9 Å². The van der Waals surface area contributed by atoms with Crippen LogP contribution in [0.4, 0.5) is 0 Å². The SMILES string of the molecule is CCNC(=NCCN(C)C1CCCC1)N1CCN(CC(=O)N2CCCCC2)CC1. The lowest BCUT2D eigenvalue weighted by Crippen LogP contribution is -2.54. The number of likely N-dealkylation sites (N-methyl/N-ethyl adjacent to an activating group) is 1. The molecular weight excluding hydrogens is 364 g/mol. The van der Waals surface area contributed by atoms with Gasteiger partial charge in [-0.05, 0) is 46.1 Å². The topological polar surface area (TPSA) is 54.4 Å². The van der Waals surface area contributed by atoms with E-state index in [0.29, 0.717) is 12.5 Å². The van der Waals surface area contributed by atoms with Crippen molar-refractivity contribution < 1.29 is 4.79 Å². The molecule has 3 fully saturated rings. The molecule has 0 unspecified atom stereocenters. The van der Waals surface area contributed by atoms with E-state index in [0.717, 1.165) is 83.7 Å². The first-order valence-corrected chi connectivity index (χ1v) is 11.9. The van der Waals surface area contributed by atoms with Crippen LogP contribution in [0, 0.1) is 0 Å². The molecule has 0 aromatic heterocycles. The van der Waals surface area contributed by atoms with E-state index < -0.39 is 0 Å². The molecule has 7 heteroatoms. The molecule has 0 bridgehead atoms. The van der Waals surface area contributed by atoms with Gasteiger partial charge in [0.15, 0.2) is 5.96 Å². The molecule has 1 amide bonds. The average molecular weight is 407 g/mol. The molecule has 1 saturated carbocycles. The quantitative estimate of drug-likeness (QED) is 0.512. The number of piperidine rings is 1. The second-order valence-electron chi connectivity index (χ2n) is 8.86. The van der Waals surface area contributed by atoms with E-state index >= 15 is 0 Å². The Labute approximate surface area is 177 Å². The predicted molar refractivity (Wildman–Crippen MR) is 119 cm³/mol. The van der Waals surface area contributed by atoms with E-state index in [1.54, 1.807) is 0 Å². The Morgan fingerprint density at radius 3 is 2.31 bits per heavy atom. The van der Waals surface area contributed by atoms with Gasteiger partial charge in [-0.3, -0.25) is 14.7 Å². The largest absolute Gasteiger partial charge is 0.357 e. The van der Waals surface area contributed by atoms with Crippen molar-refractivity contribution in [1.82, 2.24) is 24.9 Å². The molecule has 29 heavy (non-hydrogen) atoms. The van der Waals surface area contributed by atoms with Crippen LogP contribution in [0.15, 0.2) is 4.99 Å². The Balaban J connectivity index is 1.41. The number of guanidine groups is 1. The molecule has 0 aromatic carbocycles. The molecular formula is C22H42N6O. The molecule has 3 rings (SSSR count). The summed E-state index contributed by atoms with van der Waals surface area (Å²) in [6.45, 7) is 11.1. The van der Waals surface area contributed by atoms with E-state index in [1.165, 1.54) is 32.1 Å². The number of rotatable bonds is 7. The molecule has 1 aliphatic carbocycles. The number of carbonyl (C=O) groups is 1. The van der Waals surface area contributed by atoms with Crippen molar-refractivity contribution in [2.24, 2.45) is 4.99 Å². The zero-order valence-electron chi connectivity index (χ0n) is 18.7. The number of carbonyl (C=O) groups excluding carboxylic acids is 1. The lowest BCUT2D eigenvalue weighted by Gasteiger charge is -2.37. The number of amides is 1. The molecule has 0 aromatic rings. The van der Waals surface area contributed by atoms with Gasteiger partial charge in [-0.25, -0.2) is 0 Å². The number of nitrogens with one attached hydrogen (secondary N) is 1. The van der Waals surface area contributed by atoms with E-state index in [2.05, 4.69) is 38.9 Å². The lowest BCUT2D eigenvalue weighted by atomic mass is 10.1. The molecule has 2 heterocycles. The second-order valence-corrected chi connectivity index (χ2v) is 8.86. The van der Waals surface area contributed by atoms with Gasteiger partial charge in [0, 0.05) is 58.4 Å². The minimum atomic E-state index is 0.314. The van der Waals surface area contributed by atoms with Crippen molar-refractivity contribution in [1.29, 1.82) is 0 Å². The fraction of sp³-hybridized carbons (Fsp3) is 0.909. The second kappa shape index (κ2) is 11.7. The summed E-state index contributed by atoms with van der Waals surface area (Å²) in [5.74, 6) is 1.35. The van der Waals surface area contributed by atoms with Crippen molar-refractivity contribution >= 4 is 11.9 Å². The monoisotopic (exact) mass is 406 g/mol. The van der Waals surface area contributed by atoms with Crippen molar-refractivity contribution in [3.8, 4) is 0 Å². The highest BCUT2D eigenvalue weighted by Crippen LogP contribution is 2.22. The van der Waals surface area contributed by atoms with Gasteiger partial charge in [0.25, 0.3) is 0 Å². The van der Waals surface area contributed by atoms with Crippen LogP contribution < -0.4 is 5.32 Å². The smallest absolute Gasteiger partial charge is 0.236 e. The van der Waals surface area contributed by atoms with Gasteiger partial charge in [0.2, 0.25) is 5.91 Å². The first kappa shape index (κ1) is 22.3. The van der Waals surface area contributed by atoms with E-state index in [9.17, 15) is 4.79 Å². The highest BCUT2D eigenvalue weighted by Gasteiger charge is 2.24. The molecule has 0 radical (unpaired) electrons. The van der Waals surface area contributed by atoms with E-state index in [4.69, 9.17) is 4.99 Å². The third-order valence-electron chi connectivity index (χ3n) is 6.74. The van der Waals surface area contributed by atoms with E-state index in [1.807, 2.05) is 0 Å². The normalized spacial score (nSPS) is 22.5. The third kappa shape index (κ3) is 6.85. The minimum absolute atomic E-state index is 0.314. The minimum Gasteiger partial charge on any atom is -0.357 e. The zero-order chi connectivity index (χ0) is 20.5. The Bertz CT molecular complexity index is 519. The first-order valence-electron chi connectivity index (χ1n) is 11.9.